The highest BCUT2D eigenvalue weighted by molar-refractivity contribution is 4.74. The number of piperidine rings is 1. The van der Waals surface area contributed by atoms with Gasteiger partial charge in [-0.05, 0) is 12.3 Å². The Morgan fingerprint density at radius 2 is 2.40 bits per heavy atom. The Balaban J connectivity index is 2.18. The van der Waals surface area contributed by atoms with Crippen molar-refractivity contribution in [3.05, 3.63) is 0 Å². The molecule has 1 fully saturated rings. The molecule has 0 spiro atoms. The van der Waals surface area contributed by atoms with Gasteiger partial charge >= 0.3 is 0 Å². The standard InChI is InChI=1S/C7H15NO2/c1-10-5-6-2-7(9)4-8-3-6/h6-9H,2-5H2,1H3. The molecule has 2 unspecified atom stereocenters. The molecule has 1 rings (SSSR count). The molecule has 1 heterocycles. The van der Waals surface area contributed by atoms with Gasteiger partial charge in [0, 0.05) is 20.2 Å². The molecular weight excluding hydrogens is 130 g/mol. The predicted octanol–water partition coefficient (Wildman–Crippen LogP) is -0.397. The summed E-state index contributed by atoms with van der Waals surface area (Å²) in [6, 6.07) is 0. The number of ether oxygens (including phenoxy) is 1. The van der Waals surface area contributed by atoms with E-state index in [2.05, 4.69) is 5.32 Å². The van der Waals surface area contributed by atoms with Gasteiger partial charge < -0.3 is 15.2 Å². The van der Waals surface area contributed by atoms with E-state index in [1.54, 1.807) is 7.11 Å². The van der Waals surface area contributed by atoms with Gasteiger partial charge in [-0.15, -0.1) is 0 Å². The number of nitrogens with one attached hydrogen (secondary N) is 1. The lowest BCUT2D eigenvalue weighted by Crippen LogP contribution is -2.40. The maximum atomic E-state index is 9.19. The molecule has 2 N–H and O–H groups in total. The Kier molecular flexibility index (Phi) is 3.12. The molecule has 0 aromatic rings. The molecule has 0 aromatic carbocycles. The summed E-state index contributed by atoms with van der Waals surface area (Å²) in [5, 5.41) is 12.3. The number of aliphatic hydroxyl groups excluding tert-OH is 1. The number of rotatable bonds is 2. The third-order valence-electron chi connectivity index (χ3n) is 1.82. The molecule has 1 aliphatic rings. The zero-order valence-electron chi connectivity index (χ0n) is 6.34. The van der Waals surface area contributed by atoms with Crippen LogP contribution >= 0.6 is 0 Å². The number of β-amino-alcohol motifs (C(OH)–C–C–N with tert-alkyl or cyclic N) is 1. The lowest BCUT2D eigenvalue weighted by atomic mass is 9.99. The van der Waals surface area contributed by atoms with Crippen molar-refractivity contribution in [3.8, 4) is 0 Å². The SMILES string of the molecule is COCC1CNCC(O)C1. The summed E-state index contributed by atoms with van der Waals surface area (Å²) in [4.78, 5) is 0. The Morgan fingerprint density at radius 3 is 3.00 bits per heavy atom. The van der Waals surface area contributed by atoms with Crippen molar-refractivity contribution >= 4 is 0 Å². The zero-order valence-corrected chi connectivity index (χ0v) is 6.34. The first-order valence-corrected chi connectivity index (χ1v) is 3.70. The number of aliphatic hydroxyl groups is 1. The average molecular weight is 145 g/mol. The second kappa shape index (κ2) is 3.91. The summed E-state index contributed by atoms with van der Waals surface area (Å²) in [7, 11) is 1.70. The molecule has 3 heteroatoms. The summed E-state index contributed by atoms with van der Waals surface area (Å²) in [5.41, 5.74) is 0. The highest BCUT2D eigenvalue weighted by Crippen LogP contribution is 2.09. The van der Waals surface area contributed by atoms with Gasteiger partial charge in [-0.1, -0.05) is 0 Å². The average Bonchev–Trinajstić information content (AvgIpc) is 1.88. The molecule has 0 aliphatic carbocycles. The third kappa shape index (κ3) is 2.25. The van der Waals surface area contributed by atoms with Crippen LogP contribution in [0.15, 0.2) is 0 Å². The zero-order chi connectivity index (χ0) is 7.40. The van der Waals surface area contributed by atoms with Crippen LogP contribution in [0.1, 0.15) is 6.42 Å². The van der Waals surface area contributed by atoms with Gasteiger partial charge in [-0.25, -0.2) is 0 Å². The Bertz CT molecular complexity index is 95.6. The molecular formula is C7H15NO2. The second-order valence-electron chi connectivity index (χ2n) is 2.87. The van der Waals surface area contributed by atoms with Crippen LogP contribution in [0.4, 0.5) is 0 Å². The van der Waals surface area contributed by atoms with Gasteiger partial charge in [0.2, 0.25) is 0 Å². The fourth-order valence-electron chi connectivity index (χ4n) is 1.37. The topological polar surface area (TPSA) is 41.5 Å². The Hall–Kier alpha value is -0.120. The quantitative estimate of drug-likeness (QED) is 0.555. The molecule has 0 aromatic heterocycles. The molecule has 0 radical (unpaired) electrons. The Morgan fingerprint density at radius 1 is 1.60 bits per heavy atom. The normalized spacial score (nSPS) is 34.2. The highest BCUT2D eigenvalue weighted by atomic mass is 16.5. The van der Waals surface area contributed by atoms with Crippen LogP contribution in [0.5, 0.6) is 0 Å². The van der Waals surface area contributed by atoms with Crippen molar-refractivity contribution in [2.24, 2.45) is 5.92 Å². The minimum Gasteiger partial charge on any atom is -0.392 e. The van der Waals surface area contributed by atoms with Crippen molar-refractivity contribution in [2.45, 2.75) is 12.5 Å². The van der Waals surface area contributed by atoms with Crippen LogP contribution in [0, 0.1) is 5.92 Å². The minimum atomic E-state index is -0.172. The summed E-state index contributed by atoms with van der Waals surface area (Å²) in [6.45, 7) is 2.47. The van der Waals surface area contributed by atoms with Crippen LogP contribution < -0.4 is 5.32 Å². The van der Waals surface area contributed by atoms with E-state index < -0.39 is 0 Å². The summed E-state index contributed by atoms with van der Waals surface area (Å²) in [6.07, 6.45) is 0.704. The number of hydrogen-bond acceptors (Lipinski definition) is 3. The predicted molar refractivity (Wildman–Crippen MR) is 38.9 cm³/mol. The molecule has 2 atom stereocenters. The van der Waals surface area contributed by atoms with E-state index in [-0.39, 0.29) is 6.10 Å². The van der Waals surface area contributed by atoms with Gasteiger partial charge in [-0.3, -0.25) is 0 Å². The first kappa shape index (κ1) is 7.98. The van der Waals surface area contributed by atoms with E-state index in [0.29, 0.717) is 5.92 Å². The Labute approximate surface area is 61.4 Å². The maximum Gasteiger partial charge on any atom is 0.0668 e. The fraction of sp³-hybridized carbons (Fsp3) is 1.00. The molecule has 10 heavy (non-hydrogen) atoms. The van der Waals surface area contributed by atoms with Crippen molar-refractivity contribution in [1.29, 1.82) is 0 Å². The fourth-order valence-corrected chi connectivity index (χ4v) is 1.37. The smallest absolute Gasteiger partial charge is 0.0668 e. The lowest BCUT2D eigenvalue weighted by molar-refractivity contribution is 0.0710. The molecule has 1 aliphatic heterocycles. The lowest BCUT2D eigenvalue weighted by Gasteiger charge is -2.25. The molecule has 0 amide bonds. The van der Waals surface area contributed by atoms with E-state index >= 15 is 0 Å². The van der Waals surface area contributed by atoms with Crippen molar-refractivity contribution < 1.29 is 9.84 Å². The van der Waals surface area contributed by atoms with Crippen LogP contribution in [0.2, 0.25) is 0 Å². The van der Waals surface area contributed by atoms with Gasteiger partial charge in [0.15, 0.2) is 0 Å². The highest BCUT2D eigenvalue weighted by Gasteiger charge is 2.18. The maximum absolute atomic E-state index is 9.19. The van der Waals surface area contributed by atoms with Crippen LogP contribution in [-0.4, -0.2) is 38.0 Å². The summed E-state index contributed by atoms with van der Waals surface area (Å²) >= 11 is 0. The van der Waals surface area contributed by atoms with Crippen LogP contribution in [-0.2, 0) is 4.74 Å². The van der Waals surface area contributed by atoms with E-state index in [9.17, 15) is 5.11 Å². The monoisotopic (exact) mass is 145 g/mol. The summed E-state index contributed by atoms with van der Waals surface area (Å²) in [5.74, 6) is 0.494. The van der Waals surface area contributed by atoms with E-state index in [1.807, 2.05) is 0 Å². The van der Waals surface area contributed by atoms with Crippen LogP contribution in [0.25, 0.3) is 0 Å². The van der Waals surface area contributed by atoms with E-state index in [0.717, 1.165) is 26.1 Å². The van der Waals surface area contributed by atoms with Crippen molar-refractivity contribution in [2.75, 3.05) is 26.8 Å². The van der Waals surface area contributed by atoms with Crippen molar-refractivity contribution in [3.63, 3.8) is 0 Å². The van der Waals surface area contributed by atoms with E-state index in [4.69, 9.17) is 4.74 Å². The van der Waals surface area contributed by atoms with Crippen molar-refractivity contribution in [1.82, 2.24) is 5.32 Å². The molecule has 0 saturated carbocycles. The first-order valence-electron chi connectivity index (χ1n) is 3.70. The van der Waals surface area contributed by atoms with E-state index in [1.165, 1.54) is 0 Å². The molecule has 60 valence electrons. The van der Waals surface area contributed by atoms with Gasteiger partial charge in [0.05, 0.1) is 12.7 Å². The number of hydrogen-bond donors (Lipinski definition) is 2. The largest absolute Gasteiger partial charge is 0.392 e. The molecule has 0 bridgehead atoms. The second-order valence-corrected chi connectivity index (χ2v) is 2.87. The van der Waals surface area contributed by atoms with Gasteiger partial charge in [-0.2, -0.15) is 0 Å². The summed E-state index contributed by atoms with van der Waals surface area (Å²) < 4.78 is 4.98. The third-order valence-corrected chi connectivity index (χ3v) is 1.82. The minimum absolute atomic E-state index is 0.172. The van der Waals surface area contributed by atoms with Gasteiger partial charge in [0.1, 0.15) is 0 Å². The molecule has 3 nitrogen and oxygen atoms in total. The number of methoxy groups -OCH3 is 1. The molecule has 1 saturated heterocycles. The van der Waals surface area contributed by atoms with Gasteiger partial charge in [0.25, 0.3) is 0 Å². The first-order chi connectivity index (χ1) is 4.83. The van der Waals surface area contributed by atoms with Crippen LogP contribution in [0.3, 0.4) is 0 Å².